The monoisotopic (exact) mass is 396 g/mol. The van der Waals surface area contributed by atoms with E-state index in [1.165, 1.54) is 26.7 Å². The quantitative estimate of drug-likeness (QED) is 0.669. The summed E-state index contributed by atoms with van der Waals surface area (Å²) in [6.07, 6.45) is 4.25. The lowest BCUT2D eigenvalue weighted by atomic mass is 9.62. The Labute approximate surface area is 157 Å². The number of fused-ring (bicyclic) bond motifs is 5. The van der Waals surface area contributed by atoms with Gasteiger partial charge in [-0.05, 0) is 77.8 Å². The number of hydrogen-bond acceptors (Lipinski definition) is 2. The molecule has 0 unspecified atom stereocenters. The van der Waals surface area contributed by atoms with Crippen LogP contribution in [0.3, 0.4) is 0 Å². The largest absolute Gasteiger partial charge is 0.497 e. The second-order valence-corrected chi connectivity index (χ2v) is 8.25. The van der Waals surface area contributed by atoms with E-state index in [1.54, 1.807) is 18.3 Å². The standard InChI is InChI=1S/C22H21BrO2/c1-24-17-4-2-14-11-19-18-5-3-16(23)10-15(18)12-21(19)22(20(14)13-17)6-8-25-9-7-22/h2-5,10,13H,6-9,11-12H2,1H3. The maximum atomic E-state index is 5.75. The first-order chi connectivity index (χ1) is 12.2. The third kappa shape index (κ3) is 2.25. The molecule has 2 nitrogen and oxygen atoms in total. The molecule has 0 saturated carbocycles. The predicted octanol–water partition coefficient (Wildman–Crippen LogP) is 5.07. The fourth-order valence-corrected chi connectivity index (χ4v) is 5.46. The zero-order valence-electron chi connectivity index (χ0n) is 14.4. The van der Waals surface area contributed by atoms with Crippen LogP contribution in [-0.4, -0.2) is 20.3 Å². The van der Waals surface area contributed by atoms with Crippen LogP contribution in [0.25, 0.3) is 5.57 Å². The first-order valence-corrected chi connectivity index (χ1v) is 9.77. The SMILES string of the molecule is COc1ccc2c(c1)C1(CCOCC1)C1=C(C2)c2ccc(Br)cc2C1. The molecule has 128 valence electrons. The van der Waals surface area contributed by atoms with Crippen molar-refractivity contribution < 1.29 is 9.47 Å². The van der Waals surface area contributed by atoms with E-state index >= 15 is 0 Å². The maximum absolute atomic E-state index is 5.75. The van der Waals surface area contributed by atoms with Gasteiger partial charge in [-0.1, -0.05) is 33.6 Å². The molecule has 0 amide bonds. The minimum atomic E-state index is 0.112. The summed E-state index contributed by atoms with van der Waals surface area (Å²) in [7, 11) is 1.76. The highest BCUT2D eigenvalue weighted by Gasteiger charge is 2.45. The third-order valence-corrected chi connectivity index (χ3v) is 6.74. The zero-order valence-corrected chi connectivity index (χ0v) is 16.0. The average Bonchev–Trinajstić information content (AvgIpc) is 3.01. The molecule has 0 radical (unpaired) electrons. The topological polar surface area (TPSA) is 18.5 Å². The number of ether oxygens (including phenoxy) is 2. The summed E-state index contributed by atoms with van der Waals surface area (Å²) in [6.45, 7) is 1.68. The summed E-state index contributed by atoms with van der Waals surface area (Å²) in [5.74, 6) is 0.965. The van der Waals surface area contributed by atoms with E-state index in [4.69, 9.17) is 9.47 Å². The zero-order chi connectivity index (χ0) is 17.0. The fourth-order valence-electron chi connectivity index (χ4n) is 5.05. The molecule has 0 atom stereocenters. The lowest BCUT2D eigenvalue weighted by molar-refractivity contribution is 0.0607. The normalized spacial score (nSPS) is 20.2. The Morgan fingerprint density at radius 3 is 2.64 bits per heavy atom. The van der Waals surface area contributed by atoms with Crippen molar-refractivity contribution in [3.63, 3.8) is 0 Å². The van der Waals surface area contributed by atoms with Gasteiger partial charge in [-0.25, -0.2) is 0 Å². The van der Waals surface area contributed by atoms with Gasteiger partial charge in [0.1, 0.15) is 5.75 Å². The first-order valence-electron chi connectivity index (χ1n) is 8.98. The van der Waals surface area contributed by atoms with E-state index in [0.717, 1.165) is 44.6 Å². The third-order valence-electron chi connectivity index (χ3n) is 6.25. The number of benzene rings is 2. The van der Waals surface area contributed by atoms with Crippen LogP contribution >= 0.6 is 15.9 Å². The molecular weight excluding hydrogens is 376 g/mol. The van der Waals surface area contributed by atoms with Crippen molar-refractivity contribution in [3.8, 4) is 5.75 Å². The lowest BCUT2D eigenvalue weighted by Gasteiger charge is -2.44. The van der Waals surface area contributed by atoms with E-state index in [2.05, 4.69) is 52.3 Å². The Hall–Kier alpha value is -1.58. The van der Waals surface area contributed by atoms with Crippen LogP contribution in [-0.2, 0) is 23.0 Å². The van der Waals surface area contributed by atoms with Gasteiger partial charge in [0, 0.05) is 23.1 Å². The smallest absolute Gasteiger partial charge is 0.119 e. The van der Waals surface area contributed by atoms with Gasteiger partial charge < -0.3 is 9.47 Å². The Morgan fingerprint density at radius 1 is 1.00 bits per heavy atom. The number of hydrogen-bond donors (Lipinski definition) is 0. The highest BCUT2D eigenvalue weighted by atomic mass is 79.9. The molecule has 1 saturated heterocycles. The summed E-state index contributed by atoms with van der Waals surface area (Å²) < 4.78 is 12.5. The summed E-state index contributed by atoms with van der Waals surface area (Å²) in [5, 5.41) is 0. The number of methoxy groups -OCH3 is 1. The van der Waals surface area contributed by atoms with Crippen LogP contribution in [0.15, 0.2) is 46.4 Å². The molecule has 1 aliphatic heterocycles. The van der Waals surface area contributed by atoms with Gasteiger partial charge in [-0.15, -0.1) is 0 Å². The summed E-state index contributed by atoms with van der Waals surface area (Å²) in [5.41, 5.74) is 9.14. The summed E-state index contributed by atoms with van der Waals surface area (Å²) in [6, 6.07) is 13.4. The Bertz CT molecular complexity index is 891. The maximum Gasteiger partial charge on any atom is 0.119 e. The molecule has 2 aliphatic carbocycles. The van der Waals surface area contributed by atoms with Crippen LogP contribution in [0.2, 0.25) is 0 Å². The Kier molecular flexibility index (Phi) is 3.58. The molecule has 1 heterocycles. The van der Waals surface area contributed by atoms with Crippen molar-refractivity contribution in [2.45, 2.75) is 31.1 Å². The molecule has 3 heteroatoms. The Balaban J connectivity index is 1.72. The number of rotatable bonds is 1. The van der Waals surface area contributed by atoms with Crippen molar-refractivity contribution in [1.29, 1.82) is 0 Å². The minimum absolute atomic E-state index is 0.112. The number of allylic oxidation sites excluding steroid dienone is 2. The van der Waals surface area contributed by atoms with Crippen LogP contribution in [0, 0.1) is 0 Å². The van der Waals surface area contributed by atoms with E-state index in [-0.39, 0.29) is 5.41 Å². The predicted molar refractivity (Wildman–Crippen MR) is 103 cm³/mol. The van der Waals surface area contributed by atoms with Crippen molar-refractivity contribution >= 4 is 21.5 Å². The molecule has 0 bridgehead atoms. The molecule has 0 aromatic heterocycles. The van der Waals surface area contributed by atoms with Crippen molar-refractivity contribution in [3.05, 3.63) is 68.7 Å². The molecule has 1 fully saturated rings. The van der Waals surface area contributed by atoms with Gasteiger partial charge in [-0.3, -0.25) is 0 Å². The van der Waals surface area contributed by atoms with E-state index in [1.807, 2.05) is 0 Å². The molecule has 0 N–H and O–H groups in total. The van der Waals surface area contributed by atoms with E-state index in [9.17, 15) is 0 Å². The van der Waals surface area contributed by atoms with Crippen molar-refractivity contribution in [2.75, 3.05) is 20.3 Å². The summed E-state index contributed by atoms with van der Waals surface area (Å²) in [4.78, 5) is 0. The van der Waals surface area contributed by atoms with Gasteiger partial charge in [0.05, 0.1) is 7.11 Å². The lowest BCUT2D eigenvalue weighted by Crippen LogP contribution is -2.39. The van der Waals surface area contributed by atoms with Gasteiger partial charge in [0.15, 0.2) is 0 Å². The second-order valence-electron chi connectivity index (χ2n) is 7.33. The van der Waals surface area contributed by atoms with Crippen molar-refractivity contribution in [2.24, 2.45) is 0 Å². The number of halogens is 1. The van der Waals surface area contributed by atoms with E-state index < -0.39 is 0 Å². The van der Waals surface area contributed by atoms with Crippen LogP contribution in [0.1, 0.15) is 35.1 Å². The molecule has 1 spiro atoms. The average molecular weight is 397 g/mol. The van der Waals surface area contributed by atoms with E-state index in [0.29, 0.717) is 0 Å². The molecule has 3 aliphatic rings. The molecule has 5 rings (SSSR count). The first kappa shape index (κ1) is 15.7. The van der Waals surface area contributed by atoms with Gasteiger partial charge in [-0.2, -0.15) is 0 Å². The van der Waals surface area contributed by atoms with Crippen LogP contribution in [0.5, 0.6) is 5.75 Å². The van der Waals surface area contributed by atoms with Gasteiger partial charge in [0.25, 0.3) is 0 Å². The highest BCUT2D eigenvalue weighted by Crippen LogP contribution is 2.54. The minimum Gasteiger partial charge on any atom is -0.497 e. The molecule has 25 heavy (non-hydrogen) atoms. The highest BCUT2D eigenvalue weighted by molar-refractivity contribution is 9.10. The second kappa shape index (κ2) is 5.72. The fraction of sp³-hybridized carbons (Fsp3) is 0.364. The molecule has 2 aromatic rings. The van der Waals surface area contributed by atoms with Gasteiger partial charge in [0.2, 0.25) is 0 Å². The van der Waals surface area contributed by atoms with Gasteiger partial charge >= 0.3 is 0 Å². The van der Waals surface area contributed by atoms with Crippen molar-refractivity contribution in [1.82, 2.24) is 0 Å². The van der Waals surface area contributed by atoms with Crippen LogP contribution in [0.4, 0.5) is 0 Å². The molecular formula is C22H21BrO2. The molecule has 2 aromatic carbocycles. The van der Waals surface area contributed by atoms with Crippen LogP contribution < -0.4 is 4.74 Å². The Morgan fingerprint density at radius 2 is 1.84 bits per heavy atom. The summed E-state index contributed by atoms with van der Waals surface area (Å²) >= 11 is 3.64.